The van der Waals surface area contributed by atoms with E-state index in [1.165, 1.54) is 25.0 Å². The number of nitrogens with zero attached hydrogens (tertiary/aromatic N) is 4. The van der Waals surface area contributed by atoms with Gasteiger partial charge in [0.15, 0.2) is 5.78 Å². The van der Waals surface area contributed by atoms with Crippen LogP contribution in [0.25, 0.3) is 0 Å². The van der Waals surface area contributed by atoms with Gasteiger partial charge in [0.25, 0.3) is 5.91 Å². The molecule has 2 aliphatic rings. The van der Waals surface area contributed by atoms with E-state index < -0.39 is 0 Å². The molecule has 6 nitrogen and oxygen atoms in total. The number of piperazine rings is 1. The molecule has 2 saturated heterocycles. The van der Waals surface area contributed by atoms with Gasteiger partial charge in [0, 0.05) is 43.0 Å². The van der Waals surface area contributed by atoms with Crippen molar-refractivity contribution < 1.29 is 14.0 Å². The van der Waals surface area contributed by atoms with Gasteiger partial charge < -0.3 is 4.90 Å². The van der Waals surface area contributed by atoms with Gasteiger partial charge in [-0.1, -0.05) is 13.3 Å². The number of ketones is 1. The number of likely N-dealkylation sites (tertiary alicyclic amines) is 1. The number of carbonyl (C=O) groups excluding carboxylic acids is 2. The van der Waals surface area contributed by atoms with Gasteiger partial charge in [-0.15, -0.1) is 11.3 Å². The number of carbonyl (C=O) groups is 2. The van der Waals surface area contributed by atoms with Crippen molar-refractivity contribution in [3.05, 3.63) is 51.7 Å². The first-order valence-corrected chi connectivity index (χ1v) is 12.9. The lowest BCUT2D eigenvalue weighted by molar-refractivity contribution is 0.0630. The minimum absolute atomic E-state index is 0.0189. The molecule has 0 radical (unpaired) electrons. The van der Waals surface area contributed by atoms with Crippen LogP contribution in [0.4, 0.5) is 4.39 Å². The average molecular weight is 473 g/mol. The number of thiazole rings is 1. The fourth-order valence-electron chi connectivity index (χ4n) is 4.56. The normalized spacial score (nSPS) is 18.5. The zero-order valence-corrected chi connectivity index (χ0v) is 20.2. The van der Waals surface area contributed by atoms with Gasteiger partial charge in [-0.2, -0.15) is 0 Å². The predicted molar refractivity (Wildman–Crippen MR) is 129 cm³/mol. The second-order valence-electron chi connectivity index (χ2n) is 9.04. The monoisotopic (exact) mass is 472 g/mol. The minimum atomic E-state index is -0.331. The number of amides is 1. The Morgan fingerprint density at radius 2 is 1.73 bits per heavy atom. The van der Waals surface area contributed by atoms with Crippen LogP contribution in [0.3, 0.4) is 0 Å². The van der Waals surface area contributed by atoms with E-state index in [1.807, 2.05) is 10.3 Å². The van der Waals surface area contributed by atoms with Gasteiger partial charge in [0.1, 0.15) is 11.5 Å². The Kier molecular flexibility index (Phi) is 8.22. The fourth-order valence-corrected chi connectivity index (χ4v) is 5.52. The summed E-state index contributed by atoms with van der Waals surface area (Å²) < 4.78 is 13.1. The Balaban J connectivity index is 1.24. The number of Topliss-reactive ketones (excluding diaryl/α,β-unsaturated/α-hetero) is 1. The summed E-state index contributed by atoms with van der Waals surface area (Å²) in [5, 5.41) is 2.94. The van der Waals surface area contributed by atoms with Crippen molar-refractivity contribution in [2.45, 2.75) is 38.5 Å². The van der Waals surface area contributed by atoms with Gasteiger partial charge in [0.2, 0.25) is 0 Å². The van der Waals surface area contributed by atoms with Crippen LogP contribution < -0.4 is 0 Å². The first-order valence-electron chi connectivity index (χ1n) is 12.0. The van der Waals surface area contributed by atoms with Crippen molar-refractivity contribution in [2.75, 3.05) is 52.4 Å². The van der Waals surface area contributed by atoms with Crippen LogP contribution >= 0.6 is 11.3 Å². The van der Waals surface area contributed by atoms with Crippen molar-refractivity contribution in [1.82, 2.24) is 19.7 Å². The quantitative estimate of drug-likeness (QED) is 0.546. The molecule has 2 fully saturated rings. The fraction of sp³-hybridized carbons (Fsp3) is 0.560. The molecule has 0 bridgehead atoms. The van der Waals surface area contributed by atoms with Gasteiger partial charge in [-0.25, -0.2) is 9.37 Å². The molecular weight excluding hydrogens is 439 g/mol. The first kappa shape index (κ1) is 24.0. The Bertz CT molecular complexity index is 932. The summed E-state index contributed by atoms with van der Waals surface area (Å²) in [7, 11) is 0. The molecule has 1 amide bonds. The van der Waals surface area contributed by atoms with Crippen LogP contribution in [0.1, 0.15) is 64.4 Å². The predicted octanol–water partition coefficient (Wildman–Crippen LogP) is 3.90. The summed E-state index contributed by atoms with van der Waals surface area (Å²) in [6, 6.07) is 5.74. The highest BCUT2D eigenvalue weighted by atomic mass is 32.1. The van der Waals surface area contributed by atoms with E-state index >= 15 is 0 Å². The average Bonchev–Trinajstić information content (AvgIpc) is 3.34. The summed E-state index contributed by atoms with van der Waals surface area (Å²) in [6.07, 6.45) is 4.26. The van der Waals surface area contributed by atoms with Crippen LogP contribution in [0.15, 0.2) is 29.6 Å². The topological polar surface area (TPSA) is 56.8 Å². The Morgan fingerprint density at radius 1 is 1.03 bits per heavy atom. The second-order valence-corrected chi connectivity index (χ2v) is 9.93. The zero-order valence-electron chi connectivity index (χ0n) is 19.3. The number of benzene rings is 1. The smallest absolute Gasteiger partial charge is 0.273 e. The van der Waals surface area contributed by atoms with Crippen LogP contribution in [-0.2, 0) is 0 Å². The molecule has 2 aliphatic heterocycles. The minimum Gasteiger partial charge on any atom is -0.335 e. The number of rotatable bonds is 8. The van der Waals surface area contributed by atoms with Crippen molar-refractivity contribution in [3.8, 4) is 0 Å². The SMILES string of the molecule is CCCCN1CCN(C(=O)c2csc(C3CCN(CC(=O)c4ccc(F)cc4)CC3)n2)CC1. The third-order valence-electron chi connectivity index (χ3n) is 6.70. The van der Waals surface area contributed by atoms with E-state index in [9.17, 15) is 14.0 Å². The number of aromatic nitrogens is 1. The van der Waals surface area contributed by atoms with Crippen LogP contribution in [0, 0.1) is 5.82 Å². The number of hydrogen-bond donors (Lipinski definition) is 0. The highest BCUT2D eigenvalue weighted by Gasteiger charge is 2.27. The molecule has 4 rings (SSSR count). The van der Waals surface area contributed by atoms with E-state index in [-0.39, 0.29) is 17.5 Å². The van der Waals surface area contributed by atoms with E-state index in [0.717, 1.165) is 63.7 Å². The molecule has 33 heavy (non-hydrogen) atoms. The standard InChI is InChI=1S/C25H33FN4O2S/c1-2-3-10-28-13-15-30(16-14-28)25(32)22-18-33-24(27-22)20-8-11-29(12-9-20)17-23(31)19-4-6-21(26)7-5-19/h4-7,18,20H,2-3,8-17H2,1H3. The molecule has 0 spiro atoms. The number of unbranched alkanes of at least 4 members (excludes halogenated alkanes) is 1. The van der Waals surface area contributed by atoms with E-state index in [1.54, 1.807) is 23.5 Å². The third kappa shape index (κ3) is 6.25. The number of hydrogen-bond acceptors (Lipinski definition) is 6. The largest absolute Gasteiger partial charge is 0.335 e. The van der Waals surface area contributed by atoms with E-state index in [2.05, 4.69) is 16.7 Å². The maximum Gasteiger partial charge on any atom is 0.273 e. The zero-order chi connectivity index (χ0) is 23.2. The number of halogens is 1. The van der Waals surface area contributed by atoms with Crippen LogP contribution in [0.5, 0.6) is 0 Å². The Labute approximate surface area is 199 Å². The summed E-state index contributed by atoms with van der Waals surface area (Å²) in [4.78, 5) is 36.6. The highest BCUT2D eigenvalue weighted by Crippen LogP contribution is 2.30. The Hall–Kier alpha value is -2.16. The lowest BCUT2D eigenvalue weighted by Gasteiger charge is -2.34. The van der Waals surface area contributed by atoms with Gasteiger partial charge in [0.05, 0.1) is 11.6 Å². The molecule has 1 aromatic carbocycles. The maximum absolute atomic E-state index is 13.1. The molecule has 1 aromatic heterocycles. The molecule has 178 valence electrons. The molecule has 2 aromatic rings. The van der Waals surface area contributed by atoms with Crippen LogP contribution in [0.2, 0.25) is 0 Å². The molecule has 8 heteroatoms. The summed E-state index contributed by atoms with van der Waals surface area (Å²) in [5.41, 5.74) is 1.12. The van der Waals surface area contributed by atoms with Gasteiger partial charge in [-0.3, -0.25) is 19.4 Å². The second kappa shape index (κ2) is 11.3. The van der Waals surface area contributed by atoms with Gasteiger partial charge >= 0.3 is 0 Å². The van der Waals surface area contributed by atoms with Crippen molar-refractivity contribution in [2.24, 2.45) is 0 Å². The summed E-state index contributed by atoms with van der Waals surface area (Å²) in [6.45, 7) is 8.75. The first-order chi connectivity index (χ1) is 16.0. The van der Waals surface area contributed by atoms with Crippen molar-refractivity contribution in [3.63, 3.8) is 0 Å². The highest BCUT2D eigenvalue weighted by molar-refractivity contribution is 7.09. The molecule has 0 aliphatic carbocycles. The molecule has 0 unspecified atom stereocenters. The third-order valence-corrected chi connectivity index (χ3v) is 7.71. The lowest BCUT2D eigenvalue weighted by atomic mass is 9.97. The Morgan fingerprint density at radius 3 is 2.39 bits per heavy atom. The maximum atomic E-state index is 13.1. The summed E-state index contributed by atoms with van der Waals surface area (Å²) in [5.74, 6) is 0.0721. The van der Waals surface area contributed by atoms with Gasteiger partial charge in [-0.05, 0) is 63.2 Å². The lowest BCUT2D eigenvalue weighted by Crippen LogP contribution is -2.48. The van der Waals surface area contributed by atoms with E-state index in [4.69, 9.17) is 4.98 Å². The summed E-state index contributed by atoms with van der Waals surface area (Å²) >= 11 is 1.58. The molecule has 0 atom stereocenters. The molecule has 0 saturated carbocycles. The number of piperidine rings is 1. The van der Waals surface area contributed by atoms with Crippen LogP contribution in [-0.4, -0.2) is 83.7 Å². The van der Waals surface area contributed by atoms with Crippen molar-refractivity contribution >= 4 is 23.0 Å². The van der Waals surface area contributed by atoms with Crippen molar-refractivity contribution in [1.29, 1.82) is 0 Å². The molecule has 3 heterocycles. The van der Waals surface area contributed by atoms with E-state index in [0.29, 0.717) is 23.7 Å². The molecular formula is C25H33FN4O2S. The molecule has 0 N–H and O–H groups in total.